The Bertz CT molecular complexity index is 309. The van der Waals surface area contributed by atoms with E-state index in [4.69, 9.17) is 0 Å². The molecule has 2 heterocycles. The van der Waals surface area contributed by atoms with Crippen LogP contribution < -0.4 is 10.6 Å². The summed E-state index contributed by atoms with van der Waals surface area (Å²) in [5.41, 5.74) is 0. The first-order chi connectivity index (χ1) is 7.25. The molecule has 0 bridgehead atoms. The van der Waals surface area contributed by atoms with Crippen LogP contribution in [-0.4, -0.2) is 19.6 Å². The lowest BCUT2D eigenvalue weighted by Crippen LogP contribution is -2.47. The van der Waals surface area contributed by atoms with E-state index in [9.17, 15) is 0 Å². The van der Waals surface area contributed by atoms with E-state index in [1.807, 2.05) is 11.3 Å². The van der Waals surface area contributed by atoms with E-state index in [0.29, 0.717) is 0 Å². The molecule has 0 amide bonds. The lowest BCUT2D eigenvalue weighted by molar-refractivity contribution is 0.242. The molecule has 1 aliphatic heterocycles. The van der Waals surface area contributed by atoms with Crippen LogP contribution in [0.1, 0.15) is 11.8 Å². The minimum atomic E-state index is 0.787. The highest BCUT2D eigenvalue weighted by Crippen LogP contribution is 2.22. The first kappa shape index (κ1) is 11.6. The molecule has 1 atom stereocenters. The predicted octanol–water partition coefficient (Wildman–Crippen LogP) is 2.46. The highest BCUT2D eigenvalue weighted by Gasteiger charge is 2.22. The van der Waals surface area contributed by atoms with Crippen LogP contribution in [0.2, 0.25) is 0 Å². The third kappa shape index (κ3) is 3.28. The molecule has 1 aliphatic rings. The molecule has 15 heavy (non-hydrogen) atoms. The van der Waals surface area contributed by atoms with Gasteiger partial charge in [-0.05, 0) is 59.5 Å². The molecule has 1 unspecified atom stereocenters. The quantitative estimate of drug-likeness (QED) is 0.870. The number of thiophene rings is 1. The van der Waals surface area contributed by atoms with Gasteiger partial charge < -0.3 is 10.6 Å². The molecular weight excluding hydrogens is 272 g/mol. The zero-order valence-corrected chi connectivity index (χ0v) is 11.3. The summed E-state index contributed by atoms with van der Waals surface area (Å²) >= 11 is 5.29. The number of rotatable bonds is 5. The Morgan fingerprint density at radius 3 is 2.93 bits per heavy atom. The van der Waals surface area contributed by atoms with Gasteiger partial charge in [-0.2, -0.15) is 0 Å². The predicted molar refractivity (Wildman–Crippen MR) is 69.2 cm³/mol. The molecule has 2 N–H and O–H groups in total. The fraction of sp³-hybridized carbons (Fsp3) is 0.636. The largest absolute Gasteiger partial charge is 0.316 e. The first-order valence-corrected chi connectivity index (χ1v) is 7.02. The molecule has 1 saturated heterocycles. The molecule has 1 fully saturated rings. The van der Waals surface area contributed by atoms with E-state index in [-0.39, 0.29) is 0 Å². The van der Waals surface area contributed by atoms with Gasteiger partial charge in [-0.1, -0.05) is 6.92 Å². The fourth-order valence-electron chi connectivity index (χ4n) is 1.75. The summed E-state index contributed by atoms with van der Waals surface area (Å²) in [4.78, 5) is 1.40. The van der Waals surface area contributed by atoms with E-state index in [1.54, 1.807) is 0 Å². The van der Waals surface area contributed by atoms with Gasteiger partial charge in [0.15, 0.2) is 0 Å². The molecule has 0 aliphatic carbocycles. The van der Waals surface area contributed by atoms with Crippen molar-refractivity contribution < 1.29 is 0 Å². The van der Waals surface area contributed by atoms with Crippen molar-refractivity contribution in [3.63, 3.8) is 0 Å². The number of halogens is 1. The van der Waals surface area contributed by atoms with Gasteiger partial charge in [-0.3, -0.25) is 0 Å². The number of nitrogens with one attached hydrogen (secondary N) is 2. The van der Waals surface area contributed by atoms with Crippen LogP contribution in [0.3, 0.4) is 0 Å². The number of hydrogen-bond acceptors (Lipinski definition) is 3. The van der Waals surface area contributed by atoms with Crippen LogP contribution in [0, 0.1) is 11.8 Å². The molecule has 4 heteroatoms. The lowest BCUT2D eigenvalue weighted by Gasteiger charge is -2.32. The molecule has 0 saturated carbocycles. The molecule has 0 aromatic carbocycles. The summed E-state index contributed by atoms with van der Waals surface area (Å²) in [5, 5.41) is 6.85. The van der Waals surface area contributed by atoms with Gasteiger partial charge >= 0.3 is 0 Å². The molecule has 1 aromatic rings. The zero-order valence-electron chi connectivity index (χ0n) is 8.92. The van der Waals surface area contributed by atoms with E-state index in [0.717, 1.165) is 24.9 Å². The fourth-order valence-corrected chi connectivity index (χ4v) is 3.20. The highest BCUT2D eigenvalue weighted by atomic mass is 79.9. The summed E-state index contributed by atoms with van der Waals surface area (Å²) in [5.74, 6) is 1.67. The van der Waals surface area contributed by atoms with E-state index >= 15 is 0 Å². The van der Waals surface area contributed by atoms with Crippen molar-refractivity contribution in [3.05, 3.63) is 20.8 Å². The van der Waals surface area contributed by atoms with Gasteiger partial charge in [0.25, 0.3) is 0 Å². The molecule has 2 rings (SSSR count). The summed E-state index contributed by atoms with van der Waals surface area (Å²) in [7, 11) is 0. The maximum absolute atomic E-state index is 3.53. The Labute approximate surface area is 104 Å². The second kappa shape index (κ2) is 5.43. The van der Waals surface area contributed by atoms with E-state index in [2.05, 4.69) is 45.6 Å². The van der Waals surface area contributed by atoms with Crippen LogP contribution in [-0.2, 0) is 6.54 Å². The van der Waals surface area contributed by atoms with Gasteiger partial charge in [-0.15, -0.1) is 11.3 Å². The maximum Gasteiger partial charge on any atom is 0.0701 e. The van der Waals surface area contributed by atoms with Gasteiger partial charge in [0.2, 0.25) is 0 Å². The molecule has 2 nitrogen and oxygen atoms in total. The van der Waals surface area contributed by atoms with Gasteiger partial charge in [0.05, 0.1) is 3.79 Å². The van der Waals surface area contributed by atoms with Gasteiger partial charge in [-0.25, -0.2) is 0 Å². The van der Waals surface area contributed by atoms with Crippen LogP contribution >= 0.6 is 27.3 Å². The standard InChI is InChI=1S/C11H17BrN2S/c1-8(9-5-14-6-9)4-13-7-10-2-3-11(12)15-10/h2-3,8-9,13-14H,4-7H2,1H3. The summed E-state index contributed by atoms with van der Waals surface area (Å²) in [6, 6.07) is 4.29. The van der Waals surface area contributed by atoms with E-state index < -0.39 is 0 Å². The second-order valence-electron chi connectivity index (χ2n) is 4.23. The van der Waals surface area contributed by atoms with Gasteiger partial charge in [0.1, 0.15) is 0 Å². The third-order valence-electron chi connectivity index (χ3n) is 3.01. The second-order valence-corrected chi connectivity index (χ2v) is 6.78. The molecule has 84 valence electrons. The Morgan fingerprint density at radius 2 is 2.40 bits per heavy atom. The minimum Gasteiger partial charge on any atom is -0.316 e. The third-order valence-corrected chi connectivity index (χ3v) is 4.64. The number of hydrogen-bond donors (Lipinski definition) is 2. The monoisotopic (exact) mass is 288 g/mol. The smallest absolute Gasteiger partial charge is 0.0701 e. The Morgan fingerprint density at radius 1 is 1.60 bits per heavy atom. The molecular formula is C11H17BrN2S. The van der Waals surface area contributed by atoms with Crippen LogP contribution in [0.25, 0.3) is 0 Å². The van der Waals surface area contributed by atoms with Crippen LogP contribution in [0.5, 0.6) is 0 Å². The average molecular weight is 289 g/mol. The summed E-state index contributed by atoms with van der Waals surface area (Å²) in [6.45, 7) is 6.87. The SMILES string of the molecule is CC(CNCc1ccc(Br)s1)C1CNC1. The zero-order chi connectivity index (χ0) is 10.7. The van der Waals surface area contributed by atoms with Crippen molar-refractivity contribution in [1.82, 2.24) is 10.6 Å². The lowest BCUT2D eigenvalue weighted by atomic mass is 9.89. The normalized spacial score (nSPS) is 18.8. The molecule has 1 aromatic heterocycles. The van der Waals surface area contributed by atoms with E-state index in [1.165, 1.54) is 21.8 Å². The van der Waals surface area contributed by atoms with Crippen molar-refractivity contribution >= 4 is 27.3 Å². The molecule has 0 radical (unpaired) electrons. The minimum absolute atomic E-state index is 0.787. The topological polar surface area (TPSA) is 24.1 Å². The van der Waals surface area contributed by atoms with Crippen LogP contribution in [0.15, 0.2) is 15.9 Å². The maximum atomic E-state index is 3.53. The Balaban J connectivity index is 1.65. The average Bonchev–Trinajstić information content (AvgIpc) is 2.48. The summed E-state index contributed by atoms with van der Waals surface area (Å²) < 4.78 is 1.22. The van der Waals surface area contributed by atoms with Crippen molar-refractivity contribution in [2.75, 3.05) is 19.6 Å². The van der Waals surface area contributed by atoms with Gasteiger partial charge in [0, 0.05) is 11.4 Å². The Hall–Kier alpha value is 0.1000. The summed E-state index contributed by atoms with van der Waals surface area (Å²) in [6.07, 6.45) is 0. The Kier molecular flexibility index (Phi) is 4.20. The van der Waals surface area contributed by atoms with Crippen LogP contribution in [0.4, 0.5) is 0 Å². The van der Waals surface area contributed by atoms with Crippen molar-refractivity contribution in [1.29, 1.82) is 0 Å². The van der Waals surface area contributed by atoms with Crippen molar-refractivity contribution in [3.8, 4) is 0 Å². The molecule has 0 spiro atoms. The van der Waals surface area contributed by atoms with Crippen molar-refractivity contribution in [2.45, 2.75) is 13.5 Å². The van der Waals surface area contributed by atoms with Crippen molar-refractivity contribution in [2.24, 2.45) is 11.8 Å². The first-order valence-electron chi connectivity index (χ1n) is 5.41. The highest BCUT2D eigenvalue weighted by molar-refractivity contribution is 9.11.